The van der Waals surface area contributed by atoms with Crippen LogP contribution in [0.1, 0.15) is 19.4 Å². The fourth-order valence-electron chi connectivity index (χ4n) is 1.55. The predicted octanol–water partition coefficient (Wildman–Crippen LogP) is 2.58. The molecule has 0 spiro atoms. The largest absolute Gasteiger partial charge is 0.468 e. The SMILES string of the molecule is COC(=O)[C@@H](NCc1ccc(I)cc1)C(C)C. The van der Waals surface area contributed by atoms with E-state index in [9.17, 15) is 4.79 Å². The van der Waals surface area contributed by atoms with Crippen LogP contribution in [-0.4, -0.2) is 19.1 Å². The van der Waals surface area contributed by atoms with Gasteiger partial charge in [0.05, 0.1) is 7.11 Å². The zero-order chi connectivity index (χ0) is 12.8. The first-order valence-corrected chi connectivity index (χ1v) is 6.68. The molecule has 0 fully saturated rings. The Morgan fingerprint density at radius 2 is 1.94 bits per heavy atom. The maximum atomic E-state index is 11.5. The van der Waals surface area contributed by atoms with E-state index in [1.54, 1.807) is 0 Å². The number of nitrogens with one attached hydrogen (secondary N) is 1. The van der Waals surface area contributed by atoms with Gasteiger partial charge in [-0.05, 0) is 46.2 Å². The highest BCUT2D eigenvalue weighted by Crippen LogP contribution is 2.09. The van der Waals surface area contributed by atoms with Gasteiger partial charge in [-0.15, -0.1) is 0 Å². The van der Waals surface area contributed by atoms with Crippen molar-refractivity contribution in [3.05, 3.63) is 33.4 Å². The van der Waals surface area contributed by atoms with Crippen molar-refractivity contribution in [3.8, 4) is 0 Å². The third-order valence-electron chi connectivity index (χ3n) is 2.56. The van der Waals surface area contributed by atoms with Gasteiger partial charge in [0.25, 0.3) is 0 Å². The molecule has 4 heteroatoms. The number of halogens is 1. The summed E-state index contributed by atoms with van der Waals surface area (Å²) in [6.07, 6.45) is 0. The molecule has 0 bridgehead atoms. The fourth-order valence-corrected chi connectivity index (χ4v) is 1.91. The zero-order valence-corrected chi connectivity index (χ0v) is 12.5. The number of ether oxygens (including phenoxy) is 1. The van der Waals surface area contributed by atoms with Gasteiger partial charge >= 0.3 is 5.97 Å². The molecule has 0 amide bonds. The van der Waals surface area contributed by atoms with E-state index in [4.69, 9.17) is 4.74 Å². The van der Waals surface area contributed by atoms with E-state index in [1.165, 1.54) is 16.2 Å². The summed E-state index contributed by atoms with van der Waals surface area (Å²) in [5, 5.41) is 3.23. The molecule has 1 aromatic rings. The second-order valence-corrected chi connectivity index (χ2v) is 5.50. The summed E-state index contributed by atoms with van der Waals surface area (Å²) in [5.74, 6) is 0.0109. The summed E-state index contributed by atoms with van der Waals surface area (Å²) in [5.41, 5.74) is 1.17. The Hall–Kier alpha value is -0.620. The highest BCUT2D eigenvalue weighted by molar-refractivity contribution is 14.1. The molecule has 0 aliphatic carbocycles. The number of esters is 1. The highest BCUT2D eigenvalue weighted by atomic mass is 127. The number of hydrogen-bond donors (Lipinski definition) is 1. The van der Waals surface area contributed by atoms with Gasteiger partial charge in [-0.25, -0.2) is 0 Å². The normalized spacial score (nSPS) is 12.5. The molecule has 0 aromatic heterocycles. The lowest BCUT2D eigenvalue weighted by molar-refractivity contribution is -0.144. The average Bonchev–Trinajstić information content (AvgIpc) is 2.31. The molecular formula is C13H18INO2. The van der Waals surface area contributed by atoms with Crippen LogP contribution in [0, 0.1) is 9.49 Å². The van der Waals surface area contributed by atoms with E-state index in [-0.39, 0.29) is 17.9 Å². The first kappa shape index (κ1) is 14.4. The van der Waals surface area contributed by atoms with Gasteiger partial charge in [-0.1, -0.05) is 26.0 Å². The predicted molar refractivity (Wildman–Crippen MR) is 76.6 cm³/mol. The minimum atomic E-state index is -0.251. The van der Waals surface area contributed by atoms with Gasteiger partial charge in [0.1, 0.15) is 6.04 Å². The Morgan fingerprint density at radius 3 is 2.41 bits per heavy atom. The second kappa shape index (κ2) is 6.96. The van der Waals surface area contributed by atoms with Gasteiger partial charge in [-0.3, -0.25) is 4.79 Å². The summed E-state index contributed by atoms with van der Waals surface area (Å²) in [6, 6.07) is 7.98. The van der Waals surface area contributed by atoms with Gasteiger partial charge in [0.15, 0.2) is 0 Å². The fraction of sp³-hybridized carbons (Fsp3) is 0.462. The quantitative estimate of drug-likeness (QED) is 0.657. The van der Waals surface area contributed by atoms with E-state index in [0.717, 1.165) is 0 Å². The van der Waals surface area contributed by atoms with Gasteiger partial charge in [0.2, 0.25) is 0 Å². The van der Waals surface area contributed by atoms with Gasteiger partial charge in [-0.2, -0.15) is 0 Å². The standard InChI is InChI=1S/C13H18INO2/c1-9(2)12(13(16)17-3)15-8-10-4-6-11(14)7-5-10/h4-7,9,12,15H,8H2,1-3H3/t12-/m0/s1. The Kier molecular flexibility index (Phi) is 5.91. The minimum Gasteiger partial charge on any atom is -0.468 e. The molecule has 1 aromatic carbocycles. The Labute approximate surface area is 116 Å². The number of methoxy groups -OCH3 is 1. The molecule has 0 heterocycles. The van der Waals surface area contributed by atoms with E-state index < -0.39 is 0 Å². The van der Waals surface area contributed by atoms with Crippen molar-refractivity contribution in [2.24, 2.45) is 5.92 Å². The summed E-state index contributed by atoms with van der Waals surface area (Å²) < 4.78 is 5.99. The molecule has 1 rings (SSSR count). The van der Waals surface area contributed by atoms with Crippen LogP contribution in [0.4, 0.5) is 0 Å². The molecule has 0 saturated heterocycles. The first-order chi connectivity index (χ1) is 8.04. The maximum absolute atomic E-state index is 11.5. The second-order valence-electron chi connectivity index (χ2n) is 4.25. The average molecular weight is 347 g/mol. The molecule has 94 valence electrons. The number of carbonyl (C=O) groups excluding carboxylic acids is 1. The van der Waals surface area contributed by atoms with Crippen LogP contribution in [-0.2, 0) is 16.1 Å². The molecule has 0 aliphatic rings. The Bertz CT molecular complexity index is 362. The molecule has 0 unspecified atom stereocenters. The zero-order valence-electron chi connectivity index (χ0n) is 10.4. The van der Waals surface area contributed by atoms with Crippen molar-refractivity contribution in [1.82, 2.24) is 5.32 Å². The lowest BCUT2D eigenvalue weighted by Gasteiger charge is -2.19. The van der Waals surface area contributed by atoms with E-state index >= 15 is 0 Å². The Balaban J connectivity index is 2.58. The van der Waals surface area contributed by atoms with Crippen LogP contribution >= 0.6 is 22.6 Å². The van der Waals surface area contributed by atoms with Crippen molar-refractivity contribution in [2.45, 2.75) is 26.4 Å². The molecule has 3 nitrogen and oxygen atoms in total. The van der Waals surface area contributed by atoms with Crippen molar-refractivity contribution >= 4 is 28.6 Å². The number of carbonyl (C=O) groups is 1. The van der Waals surface area contributed by atoms with Gasteiger partial charge < -0.3 is 10.1 Å². The van der Waals surface area contributed by atoms with Gasteiger partial charge in [0, 0.05) is 10.1 Å². The monoisotopic (exact) mass is 347 g/mol. The molecule has 1 atom stereocenters. The van der Waals surface area contributed by atoms with E-state index in [2.05, 4.69) is 52.2 Å². The van der Waals surface area contributed by atoms with Crippen molar-refractivity contribution < 1.29 is 9.53 Å². The molecule has 17 heavy (non-hydrogen) atoms. The topological polar surface area (TPSA) is 38.3 Å². The van der Waals surface area contributed by atoms with Crippen LogP contribution in [0.15, 0.2) is 24.3 Å². The molecule has 0 aliphatic heterocycles. The van der Waals surface area contributed by atoms with Crippen LogP contribution < -0.4 is 5.32 Å². The first-order valence-electron chi connectivity index (χ1n) is 5.60. The third kappa shape index (κ3) is 4.63. The van der Waals surface area contributed by atoms with Crippen LogP contribution in [0.5, 0.6) is 0 Å². The lowest BCUT2D eigenvalue weighted by Crippen LogP contribution is -2.41. The molecule has 0 radical (unpaired) electrons. The number of hydrogen-bond acceptors (Lipinski definition) is 3. The van der Waals surface area contributed by atoms with Crippen LogP contribution in [0.25, 0.3) is 0 Å². The minimum absolute atomic E-state index is 0.203. The number of rotatable bonds is 5. The summed E-state index contributed by atoms with van der Waals surface area (Å²) in [4.78, 5) is 11.5. The molecule has 0 saturated carbocycles. The summed E-state index contributed by atoms with van der Waals surface area (Å²) in [7, 11) is 1.42. The van der Waals surface area contributed by atoms with Crippen molar-refractivity contribution in [1.29, 1.82) is 0 Å². The third-order valence-corrected chi connectivity index (χ3v) is 3.28. The number of benzene rings is 1. The van der Waals surface area contributed by atoms with Crippen molar-refractivity contribution in [3.63, 3.8) is 0 Å². The maximum Gasteiger partial charge on any atom is 0.323 e. The smallest absolute Gasteiger partial charge is 0.323 e. The molecule has 1 N–H and O–H groups in total. The van der Waals surface area contributed by atoms with E-state index in [0.29, 0.717) is 6.54 Å². The Morgan fingerprint density at radius 1 is 1.35 bits per heavy atom. The highest BCUT2D eigenvalue weighted by Gasteiger charge is 2.21. The summed E-state index contributed by atoms with van der Waals surface area (Å²) in [6.45, 7) is 4.68. The summed E-state index contributed by atoms with van der Waals surface area (Å²) >= 11 is 2.27. The lowest BCUT2D eigenvalue weighted by atomic mass is 10.0. The molecular weight excluding hydrogens is 329 g/mol. The van der Waals surface area contributed by atoms with Crippen molar-refractivity contribution in [2.75, 3.05) is 7.11 Å². The van der Waals surface area contributed by atoms with E-state index in [1.807, 2.05) is 13.8 Å². The van der Waals surface area contributed by atoms with Crippen LogP contribution in [0.3, 0.4) is 0 Å². The van der Waals surface area contributed by atoms with Crippen LogP contribution in [0.2, 0.25) is 0 Å².